The van der Waals surface area contributed by atoms with Crippen molar-refractivity contribution in [3.8, 4) is 5.69 Å². The second-order valence-corrected chi connectivity index (χ2v) is 4.66. The topological polar surface area (TPSA) is 33.0 Å². The number of carbonyl (C=O) groups is 1. The molecular formula is C18H15N2O+. The van der Waals surface area contributed by atoms with Crippen LogP contribution in [0.2, 0.25) is 0 Å². The molecule has 0 aliphatic carbocycles. The average Bonchev–Trinajstić information content (AvgIpc) is 2.57. The Bertz CT molecular complexity index is 739. The summed E-state index contributed by atoms with van der Waals surface area (Å²) in [5.41, 5.74) is 2.43. The molecule has 0 atom stereocenters. The van der Waals surface area contributed by atoms with E-state index in [1.54, 1.807) is 6.07 Å². The number of amides is 1. The number of para-hydroxylation sites is 2. The van der Waals surface area contributed by atoms with Crippen LogP contribution in [0.5, 0.6) is 0 Å². The van der Waals surface area contributed by atoms with Crippen molar-refractivity contribution in [2.75, 3.05) is 5.32 Å². The van der Waals surface area contributed by atoms with Gasteiger partial charge in [-0.1, -0.05) is 36.4 Å². The molecule has 3 heteroatoms. The van der Waals surface area contributed by atoms with E-state index in [0.717, 1.165) is 11.4 Å². The molecule has 3 aromatic rings. The number of carbonyl (C=O) groups excluding carboxylic acids is 1. The summed E-state index contributed by atoms with van der Waals surface area (Å²) >= 11 is 0. The maximum absolute atomic E-state index is 12.3. The molecule has 1 N–H and O–H groups in total. The minimum Gasteiger partial charge on any atom is -0.322 e. The summed E-state index contributed by atoms with van der Waals surface area (Å²) in [7, 11) is 0. The van der Waals surface area contributed by atoms with E-state index in [0.29, 0.717) is 5.56 Å². The van der Waals surface area contributed by atoms with E-state index in [-0.39, 0.29) is 5.91 Å². The van der Waals surface area contributed by atoms with E-state index in [9.17, 15) is 4.79 Å². The Morgan fingerprint density at radius 1 is 0.810 bits per heavy atom. The highest BCUT2D eigenvalue weighted by Gasteiger charge is 2.12. The molecule has 0 radical (unpaired) electrons. The minimum absolute atomic E-state index is 0.119. The Morgan fingerprint density at radius 2 is 1.48 bits per heavy atom. The molecule has 1 aromatic heterocycles. The summed E-state index contributed by atoms with van der Waals surface area (Å²) in [6, 6.07) is 23.0. The maximum atomic E-state index is 12.3. The molecular weight excluding hydrogens is 260 g/mol. The van der Waals surface area contributed by atoms with E-state index in [4.69, 9.17) is 0 Å². The van der Waals surface area contributed by atoms with Crippen LogP contribution in [0.4, 0.5) is 5.69 Å². The van der Waals surface area contributed by atoms with Gasteiger partial charge < -0.3 is 5.32 Å². The van der Waals surface area contributed by atoms with Gasteiger partial charge in [0.25, 0.3) is 5.91 Å². The molecule has 1 heterocycles. The van der Waals surface area contributed by atoms with Crippen molar-refractivity contribution in [2.24, 2.45) is 0 Å². The Balaban J connectivity index is 1.85. The lowest BCUT2D eigenvalue weighted by Crippen LogP contribution is -2.31. The first-order chi connectivity index (χ1) is 10.3. The van der Waals surface area contributed by atoms with Crippen LogP contribution in [0.15, 0.2) is 85.2 Å². The van der Waals surface area contributed by atoms with Gasteiger partial charge in [0.05, 0.1) is 0 Å². The first-order valence-electron chi connectivity index (χ1n) is 6.76. The fourth-order valence-corrected chi connectivity index (χ4v) is 2.10. The van der Waals surface area contributed by atoms with Gasteiger partial charge in [0.2, 0.25) is 5.69 Å². The van der Waals surface area contributed by atoms with Gasteiger partial charge in [-0.15, -0.1) is 0 Å². The smallest absolute Gasteiger partial charge is 0.261 e. The van der Waals surface area contributed by atoms with E-state index < -0.39 is 0 Å². The van der Waals surface area contributed by atoms with Gasteiger partial charge in [-0.2, -0.15) is 4.57 Å². The molecule has 102 valence electrons. The monoisotopic (exact) mass is 275 g/mol. The van der Waals surface area contributed by atoms with Gasteiger partial charge in [-0.05, 0) is 18.2 Å². The number of hydrogen-bond acceptors (Lipinski definition) is 1. The van der Waals surface area contributed by atoms with Crippen LogP contribution < -0.4 is 9.88 Å². The molecule has 0 bridgehead atoms. The van der Waals surface area contributed by atoms with Gasteiger partial charge >= 0.3 is 0 Å². The quantitative estimate of drug-likeness (QED) is 0.731. The van der Waals surface area contributed by atoms with Crippen molar-refractivity contribution in [3.05, 3.63) is 90.8 Å². The largest absolute Gasteiger partial charge is 0.322 e. The van der Waals surface area contributed by atoms with E-state index in [2.05, 4.69) is 5.32 Å². The van der Waals surface area contributed by atoms with Crippen molar-refractivity contribution in [2.45, 2.75) is 0 Å². The molecule has 0 saturated heterocycles. The van der Waals surface area contributed by atoms with Crippen molar-refractivity contribution in [1.82, 2.24) is 0 Å². The normalized spacial score (nSPS) is 10.1. The number of anilines is 1. The van der Waals surface area contributed by atoms with Crippen molar-refractivity contribution in [3.63, 3.8) is 0 Å². The molecule has 0 spiro atoms. The standard InChI is InChI=1S/C18H14N2O/c21-18(19-16-9-3-1-4-10-16)15-8-7-13-20(14-15)17-11-5-2-6-12-17/h1-14H/p+1. The van der Waals surface area contributed by atoms with Crippen molar-refractivity contribution >= 4 is 11.6 Å². The number of benzene rings is 2. The van der Waals surface area contributed by atoms with Crippen LogP contribution in [0.1, 0.15) is 10.4 Å². The van der Waals surface area contributed by atoms with Gasteiger partial charge in [-0.3, -0.25) is 4.79 Å². The molecule has 3 rings (SSSR count). The summed E-state index contributed by atoms with van der Waals surface area (Å²) in [6.07, 6.45) is 3.75. The van der Waals surface area contributed by atoms with Crippen molar-refractivity contribution in [1.29, 1.82) is 0 Å². The summed E-state index contributed by atoms with van der Waals surface area (Å²) in [6.45, 7) is 0. The maximum Gasteiger partial charge on any atom is 0.261 e. The minimum atomic E-state index is -0.119. The van der Waals surface area contributed by atoms with Crippen LogP contribution >= 0.6 is 0 Å². The molecule has 0 aliphatic rings. The number of hydrogen-bond donors (Lipinski definition) is 1. The SMILES string of the molecule is O=C(Nc1ccccc1)c1ccc[n+](-c2ccccc2)c1. The molecule has 0 aliphatic heterocycles. The van der Waals surface area contributed by atoms with Crippen LogP contribution in [-0.4, -0.2) is 5.91 Å². The fraction of sp³-hybridized carbons (Fsp3) is 0. The Hall–Kier alpha value is -2.94. The molecule has 3 nitrogen and oxygen atoms in total. The second kappa shape index (κ2) is 6.01. The van der Waals surface area contributed by atoms with Crippen molar-refractivity contribution < 1.29 is 9.36 Å². The lowest BCUT2D eigenvalue weighted by Gasteiger charge is -2.04. The highest BCUT2D eigenvalue weighted by Crippen LogP contribution is 2.08. The number of aromatic nitrogens is 1. The molecule has 0 unspecified atom stereocenters. The molecule has 21 heavy (non-hydrogen) atoms. The third kappa shape index (κ3) is 3.15. The predicted molar refractivity (Wildman–Crippen MR) is 82.4 cm³/mol. The Labute approximate surface area is 123 Å². The highest BCUT2D eigenvalue weighted by atomic mass is 16.1. The first-order valence-corrected chi connectivity index (χ1v) is 6.76. The Kier molecular flexibility index (Phi) is 3.74. The predicted octanol–water partition coefficient (Wildman–Crippen LogP) is 3.22. The van der Waals surface area contributed by atoms with Crippen LogP contribution in [-0.2, 0) is 0 Å². The number of rotatable bonds is 3. The van der Waals surface area contributed by atoms with E-state index in [1.165, 1.54) is 0 Å². The fourth-order valence-electron chi connectivity index (χ4n) is 2.10. The average molecular weight is 275 g/mol. The van der Waals surface area contributed by atoms with Crippen LogP contribution in [0.25, 0.3) is 5.69 Å². The van der Waals surface area contributed by atoms with Gasteiger partial charge in [0, 0.05) is 23.9 Å². The summed E-state index contributed by atoms with van der Waals surface area (Å²) in [4.78, 5) is 12.3. The number of nitrogens with one attached hydrogen (secondary N) is 1. The van der Waals surface area contributed by atoms with Crippen LogP contribution in [0.3, 0.4) is 0 Å². The number of nitrogens with zero attached hydrogens (tertiary/aromatic N) is 1. The van der Waals surface area contributed by atoms with Gasteiger partial charge in [0.1, 0.15) is 5.56 Å². The summed E-state index contributed by atoms with van der Waals surface area (Å²) < 4.78 is 1.93. The third-order valence-electron chi connectivity index (χ3n) is 3.15. The van der Waals surface area contributed by atoms with Gasteiger partial charge in [0.15, 0.2) is 12.4 Å². The highest BCUT2D eigenvalue weighted by molar-refractivity contribution is 6.03. The first kappa shape index (κ1) is 13.1. The molecule has 0 saturated carbocycles. The zero-order valence-corrected chi connectivity index (χ0v) is 11.4. The zero-order chi connectivity index (χ0) is 14.5. The Morgan fingerprint density at radius 3 is 2.19 bits per heavy atom. The zero-order valence-electron chi connectivity index (χ0n) is 11.4. The van der Waals surface area contributed by atoms with E-state index in [1.807, 2.05) is 83.7 Å². The lowest BCUT2D eigenvalue weighted by atomic mass is 10.2. The summed E-state index contributed by atoms with van der Waals surface area (Å²) in [5, 5.41) is 2.88. The lowest BCUT2D eigenvalue weighted by molar-refractivity contribution is -0.595. The van der Waals surface area contributed by atoms with Crippen LogP contribution in [0, 0.1) is 0 Å². The third-order valence-corrected chi connectivity index (χ3v) is 3.15. The molecule has 2 aromatic carbocycles. The van der Waals surface area contributed by atoms with Gasteiger partial charge in [-0.25, -0.2) is 0 Å². The second-order valence-electron chi connectivity index (χ2n) is 4.66. The summed E-state index contributed by atoms with van der Waals surface area (Å²) in [5.74, 6) is -0.119. The molecule has 0 fully saturated rings. The van der Waals surface area contributed by atoms with E-state index >= 15 is 0 Å². The molecule has 1 amide bonds. The number of pyridine rings is 1.